The maximum atomic E-state index is 5.70. The smallest absolute Gasteiger partial charge is 0.224 e. The van der Waals surface area contributed by atoms with Crippen molar-refractivity contribution in [1.29, 1.82) is 0 Å². The number of aromatic nitrogens is 4. The fourth-order valence-corrected chi connectivity index (χ4v) is 3.83. The molecule has 3 heterocycles. The van der Waals surface area contributed by atoms with Gasteiger partial charge in [0.1, 0.15) is 5.52 Å². The molecule has 3 aromatic rings. The Morgan fingerprint density at radius 3 is 3.20 bits per heavy atom. The first kappa shape index (κ1) is 11.7. The SMILES string of the molecule is Nc1nc(NCc2cc3c(s2)CCC3)c2[nH]cnc2n1. The minimum atomic E-state index is 0.237. The van der Waals surface area contributed by atoms with Gasteiger partial charge in [-0.3, -0.25) is 0 Å². The molecule has 0 unspecified atom stereocenters. The summed E-state index contributed by atoms with van der Waals surface area (Å²) in [6.45, 7) is 0.752. The highest BCUT2D eigenvalue weighted by Crippen LogP contribution is 2.31. The average Bonchev–Trinajstić information content (AvgIpc) is 3.09. The van der Waals surface area contributed by atoms with E-state index in [2.05, 4.69) is 31.3 Å². The molecule has 0 saturated heterocycles. The van der Waals surface area contributed by atoms with Crippen molar-refractivity contribution < 1.29 is 0 Å². The second-order valence-electron chi connectivity index (χ2n) is 4.90. The number of nitrogen functional groups attached to an aromatic ring is 1. The molecule has 4 N–H and O–H groups in total. The maximum Gasteiger partial charge on any atom is 0.224 e. The molecule has 0 spiro atoms. The second kappa shape index (κ2) is 4.45. The van der Waals surface area contributed by atoms with Crippen molar-refractivity contribution in [2.24, 2.45) is 0 Å². The van der Waals surface area contributed by atoms with Crippen LogP contribution in [0, 0.1) is 0 Å². The number of anilines is 2. The predicted octanol–water partition coefficient (Wildman–Crippen LogP) is 2.10. The molecule has 3 aromatic heterocycles. The van der Waals surface area contributed by atoms with Gasteiger partial charge in [-0.1, -0.05) is 0 Å². The summed E-state index contributed by atoms with van der Waals surface area (Å²) in [5.74, 6) is 0.944. The molecule has 0 saturated carbocycles. The first-order chi connectivity index (χ1) is 9.79. The third kappa shape index (κ3) is 1.90. The number of hydrogen-bond donors (Lipinski definition) is 3. The molecule has 0 aromatic carbocycles. The Hall–Kier alpha value is -2.15. The van der Waals surface area contributed by atoms with Gasteiger partial charge >= 0.3 is 0 Å². The molecule has 0 aliphatic heterocycles. The molecule has 0 fully saturated rings. The number of aromatic amines is 1. The standard InChI is InChI=1S/C13H14N6S/c14-13-18-11(10-12(19-13)17-6-16-10)15-5-8-4-7-2-1-3-9(7)20-8/h4,6H,1-3,5H2,(H4,14,15,16,17,18,19). The number of imidazole rings is 1. The lowest BCUT2D eigenvalue weighted by Crippen LogP contribution is -2.04. The molecule has 6 nitrogen and oxygen atoms in total. The van der Waals surface area contributed by atoms with Crippen LogP contribution in [-0.4, -0.2) is 19.9 Å². The van der Waals surface area contributed by atoms with Gasteiger partial charge in [-0.2, -0.15) is 9.97 Å². The second-order valence-corrected chi connectivity index (χ2v) is 6.12. The fourth-order valence-electron chi connectivity index (χ4n) is 2.63. The summed E-state index contributed by atoms with van der Waals surface area (Å²) in [5.41, 5.74) is 8.60. The molecular weight excluding hydrogens is 272 g/mol. The molecule has 0 amide bonds. The molecule has 0 bridgehead atoms. The Kier molecular flexibility index (Phi) is 2.59. The summed E-state index contributed by atoms with van der Waals surface area (Å²) >= 11 is 1.89. The predicted molar refractivity (Wildman–Crippen MR) is 79.8 cm³/mol. The zero-order chi connectivity index (χ0) is 13.5. The van der Waals surface area contributed by atoms with Crippen LogP contribution in [0.5, 0.6) is 0 Å². The molecule has 7 heteroatoms. The highest BCUT2D eigenvalue weighted by atomic mass is 32.1. The van der Waals surface area contributed by atoms with Crippen LogP contribution in [0.1, 0.15) is 21.7 Å². The molecule has 1 aliphatic rings. The van der Waals surface area contributed by atoms with E-state index in [9.17, 15) is 0 Å². The van der Waals surface area contributed by atoms with Gasteiger partial charge in [-0.15, -0.1) is 11.3 Å². The molecule has 0 atom stereocenters. The topological polar surface area (TPSA) is 92.5 Å². The third-order valence-corrected chi connectivity index (χ3v) is 4.77. The van der Waals surface area contributed by atoms with Crippen LogP contribution in [-0.2, 0) is 19.4 Å². The summed E-state index contributed by atoms with van der Waals surface area (Å²) in [5, 5.41) is 3.33. The van der Waals surface area contributed by atoms with E-state index in [4.69, 9.17) is 5.73 Å². The number of nitrogens with two attached hydrogens (primary N) is 1. The number of nitrogens with zero attached hydrogens (tertiary/aromatic N) is 3. The van der Waals surface area contributed by atoms with Crippen molar-refractivity contribution in [1.82, 2.24) is 19.9 Å². The molecule has 102 valence electrons. The molecule has 1 aliphatic carbocycles. The summed E-state index contributed by atoms with van der Waals surface area (Å²) in [6.07, 6.45) is 5.35. The molecular formula is C13H14N6S. The van der Waals surface area contributed by atoms with E-state index < -0.39 is 0 Å². The fraction of sp³-hybridized carbons (Fsp3) is 0.308. The lowest BCUT2D eigenvalue weighted by Gasteiger charge is -2.05. The van der Waals surface area contributed by atoms with Crippen molar-refractivity contribution in [2.45, 2.75) is 25.8 Å². The normalized spacial score (nSPS) is 13.8. The van der Waals surface area contributed by atoms with Crippen molar-refractivity contribution in [2.75, 3.05) is 11.1 Å². The minimum Gasteiger partial charge on any atom is -0.368 e. The number of rotatable bonds is 3. The van der Waals surface area contributed by atoms with E-state index in [1.54, 1.807) is 6.33 Å². The Balaban J connectivity index is 1.59. The van der Waals surface area contributed by atoms with Crippen LogP contribution in [0.2, 0.25) is 0 Å². The highest BCUT2D eigenvalue weighted by Gasteiger charge is 2.15. The van der Waals surface area contributed by atoms with E-state index in [1.807, 2.05) is 11.3 Å². The van der Waals surface area contributed by atoms with Crippen LogP contribution in [0.25, 0.3) is 11.2 Å². The summed E-state index contributed by atoms with van der Waals surface area (Å²) in [4.78, 5) is 18.3. The highest BCUT2D eigenvalue weighted by molar-refractivity contribution is 7.12. The monoisotopic (exact) mass is 286 g/mol. The average molecular weight is 286 g/mol. The van der Waals surface area contributed by atoms with Gasteiger partial charge in [0, 0.05) is 9.75 Å². The number of H-pyrrole nitrogens is 1. The molecule has 0 radical (unpaired) electrons. The van der Waals surface area contributed by atoms with Crippen molar-refractivity contribution in [3.05, 3.63) is 27.7 Å². The van der Waals surface area contributed by atoms with Gasteiger partial charge in [0.2, 0.25) is 5.95 Å². The van der Waals surface area contributed by atoms with Crippen LogP contribution in [0.15, 0.2) is 12.4 Å². The van der Waals surface area contributed by atoms with E-state index in [0.717, 1.165) is 12.1 Å². The van der Waals surface area contributed by atoms with Gasteiger partial charge in [0.15, 0.2) is 11.5 Å². The van der Waals surface area contributed by atoms with Crippen molar-refractivity contribution in [3.63, 3.8) is 0 Å². The number of thiophene rings is 1. The Labute approximate surface area is 119 Å². The van der Waals surface area contributed by atoms with Crippen molar-refractivity contribution in [3.8, 4) is 0 Å². The zero-order valence-corrected chi connectivity index (χ0v) is 11.6. The lowest BCUT2D eigenvalue weighted by atomic mass is 10.2. The van der Waals surface area contributed by atoms with Gasteiger partial charge in [0.05, 0.1) is 12.9 Å². The quantitative estimate of drug-likeness (QED) is 0.685. The summed E-state index contributed by atoms with van der Waals surface area (Å²) < 4.78 is 0. The number of hydrogen-bond acceptors (Lipinski definition) is 6. The maximum absolute atomic E-state index is 5.70. The Morgan fingerprint density at radius 2 is 2.30 bits per heavy atom. The van der Waals surface area contributed by atoms with E-state index in [0.29, 0.717) is 11.5 Å². The lowest BCUT2D eigenvalue weighted by molar-refractivity contribution is 0.913. The first-order valence-electron chi connectivity index (χ1n) is 6.60. The first-order valence-corrected chi connectivity index (χ1v) is 7.42. The van der Waals surface area contributed by atoms with Gasteiger partial charge < -0.3 is 16.0 Å². The van der Waals surface area contributed by atoms with Crippen LogP contribution < -0.4 is 11.1 Å². The molecule has 4 rings (SSSR count). The van der Waals surface area contributed by atoms with Crippen molar-refractivity contribution >= 4 is 34.3 Å². The van der Waals surface area contributed by atoms with Crippen LogP contribution >= 0.6 is 11.3 Å². The minimum absolute atomic E-state index is 0.237. The number of fused-ring (bicyclic) bond motifs is 2. The Bertz CT molecular complexity index is 753. The zero-order valence-electron chi connectivity index (χ0n) is 10.8. The van der Waals surface area contributed by atoms with Gasteiger partial charge in [-0.25, -0.2) is 4.98 Å². The van der Waals surface area contributed by atoms with E-state index in [-0.39, 0.29) is 5.95 Å². The Morgan fingerprint density at radius 1 is 1.35 bits per heavy atom. The summed E-state index contributed by atoms with van der Waals surface area (Å²) in [7, 11) is 0. The largest absolute Gasteiger partial charge is 0.368 e. The van der Waals surface area contributed by atoms with Crippen LogP contribution in [0.4, 0.5) is 11.8 Å². The number of aryl methyl sites for hydroxylation is 2. The summed E-state index contributed by atoms with van der Waals surface area (Å²) in [6, 6.07) is 2.30. The van der Waals surface area contributed by atoms with Gasteiger partial charge in [0.25, 0.3) is 0 Å². The molecule has 20 heavy (non-hydrogen) atoms. The van der Waals surface area contributed by atoms with Crippen LogP contribution in [0.3, 0.4) is 0 Å². The third-order valence-electron chi connectivity index (χ3n) is 3.53. The number of nitrogens with one attached hydrogen (secondary N) is 2. The van der Waals surface area contributed by atoms with Gasteiger partial charge in [-0.05, 0) is 30.9 Å². The van der Waals surface area contributed by atoms with E-state index in [1.165, 1.54) is 34.6 Å². The van der Waals surface area contributed by atoms with E-state index >= 15 is 0 Å².